The fourth-order valence-corrected chi connectivity index (χ4v) is 4.08. The number of benzene rings is 2. The van der Waals surface area contributed by atoms with Crippen LogP contribution in [-0.4, -0.2) is 41.1 Å². The van der Waals surface area contributed by atoms with Gasteiger partial charge in [0.2, 0.25) is 5.88 Å². The predicted octanol–water partition coefficient (Wildman–Crippen LogP) is 4.54. The van der Waals surface area contributed by atoms with Crippen LogP contribution in [0.5, 0.6) is 17.4 Å². The lowest BCUT2D eigenvalue weighted by atomic mass is 10.1. The van der Waals surface area contributed by atoms with Crippen molar-refractivity contribution in [2.75, 3.05) is 26.7 Å². The van der Waals surface area contributed by atoms with Gasteiger partial charge in [0.1, 0.15) is 12.4 Å². The van der Waals surface area contributed by atoms with E-state index in [-0.39, 0.29) is 30.0 Å². The molecule has 4 rings (SSSR count). The van der Waals surface area contributed by atoms with Gasteiger partial charge in [-0.3, -0.25) is 9.47 Å². The Kier molecular flexibility index (Phi) is 7.53. The maximum atomic E-state index is 14.6. The second kappa shape index (κ2) is 10.5. The van der Waals surface area contributed by atoms with Crippen molar-refractivity contribution in [3.8, 4) is 17.4 Å². The number of piperazine rings is 1. The van der Waals surface area contributed by atoms with Crippen LogP contribution in [0.2, 0.25) is 5.02 Å². The molecular formula is C24H23ClF4N4O3. The lowest BCUT2D eigenvalue weighted by molar-refractivity contribution is -0.137. The number of hydrogen-bond donors (Lipinski definition) is 1. The van der Waals surface area contributed by atoms with Crippen LogP contribution in [0.15, 0.2) is 47.3 Å². The molecule has 36 heavy (non-hydrogen) atoms. The van der Waals surface area contributed by atoms with Gasteiger partial charge in [-0.25, -0.2) is 9.18 Å². The molecule has 0 bridgehead atoms. The average Bonchev–Trinajstić information content (AvgIpc) is 2.82. The molecular weight excluding hydrogens is 504 g/mol. The summed E-state index contributed by atoms with van der Waals surface area (Å²) in [6, 6.07) is 8.51. The minimum atomic E-state index is -4.68. The second-order valence-electron chi connectivity index (χ2n) is 8.36. The predicted molar refractivity (Wildman–Crippen MR) is 125 cm³/mol. The topological polar surface area (TPSA) is 68.6 Å². The van der Waals surface area contributed by atoms with Crippen molar-refractivity contribution in [2.24, 2.45) is 7.05 Å². The number of aromatic nitrogens is 2. The Labute approximate surface area is 209 Å². The fraction of sp³-hybridized carbons (Fsp3) is 0.333. The zero-order chi connectivity index (χ0) is 26.0. The van der Waals surface area contributed by atoms with Gasteiger partial charge in [-0.15, -0.1) is 0 Å². The Bertz CT molecular complexity index is 1320. The van der Waals surface area contributed by atoms with Crippen molar-refractivity contribution in [3.05, 3.63) is 80.6 Å². The highest BCUT2D eigenvalue weighted by Gasteiger charge is 2.33. The number of likely N-dealkylation sites (N-methyl/N-ethyl adjacent to an activating group) is 1. The molecule has 1 fully saturated rings. The van der Waals surface area contributed by atoms with E-state index in [1.165, 1.54) is 22.8 Å². The molecule has 0 spiro atoms. The Hall–Kier alpha value is -3.15. The van der Waals surface area contributed by atoms with Gasteiger partial charge in [0.25, 0.3) is 0 Å². The summed E-state index contributed by atoms with van der Waals surface area (Å²) in [5.74, 6) is -1.18. The van der Waals surface area contributed by atoms with E-state index in [2.05, 4.69) is 15.2 Å². The highest BCUT2D eigenvalue weighted by atomic mass is 35.5. The van der Waals surface area contributed by atoms with Gasteiger partial charge in [0, 0.05) is 38.4 Å². The number of nitrogens with zero attached hydrogens (tertiary/aromatic N) is 3. The van der Waals surface area contributed by atoms with Crippen LogP contribution < -0.4 is 20.5 Å². The quantitative estimate of drug-likeness (QED) is 0.476. The van der Waals surface area contributed by atoms with E-state index in [4.69, 9.17) is 21.1 Å². The normalized spacial score (nSPS) is 16.7. The van der Waals surface area contributed by atoms with Crippen LogP contribution in [0.3, 0.4) is 0 Å². The van der Waals surface area contributed by atoms with Crippen molar-refractivity contribution >= 4 is 11.6 Å². The van der Waals surface area contributed by atoms with E-state index >= 15 is 0 Å². The summed E-state index contributed by atoms with van der Waals surface area (Å²) in [5.41, 5.74) is -0.413. The first-order chi connectivity index (χ1) is 17.0. The van der Waals surface area contributed by atoms with Gasteiger partial charge in [0.15, 0.2) is 11.6 Å². The number of halogens is 5. The van der Waals surface area contributed by atoms with E-state index in [9.17, 15) is 22.4 Å². The van der Waals surface area contributed by atoms with Gasteiger partial charge in [-0.05, 0) is 42.9 Å². The second-order valence-corrected chi connectivity index (χ2v) is 8.76. The van der Waals surface area contributed by atoms with Crippen LogP contribution in [0.25, 0.3) is 0 Å². The fourth-order valence-electron chi connectivity index (χ4n) is 3.85. The molecule has 0 amide bonds. The van der Waals surface area contributed by atoms with Crippen molar-refractivity contribution < 1.29 is 27.0 Å². The number of hydrogen-bond acceptors (Lipinski definition) is 6. The van der Waals surface area contributed by atoms with Crippen LogP contribution in [0.4, 0.5) is 17.6 Å². The van der Waals surface area contributed by atoms with Crippen molar-refractivity contribution in [2.45, 2.75) is 18.8 Å². The molecule has 2 aromatic carbocycles. The maximum Gasteiger partial charge on any atom is 0.417 e. The maximum absolute atomic E-state index is 14.6. The summed E-state index contributed by atoms with van der Waals surface area (Å²) in [6.07, 6.45) is -4.68. The van der Waals surface area contributed by atoms with Crippen molar-refractivity contribution in [1.82, 2.24) is 19.8 Å². The van der Waals surface area contributed by atoms with Gasteiger partial charge in [-0.1, -0.05) is 17.7 Å². The lowest BCUT2D eigenvalue weighted by Gasteiger charge is -2.34. The Morgan fingerprint density at radius 3 is 2.64 bits per heavy atom. The number of ether oxygens (including phenoxy) is 2. The molecule has 1 aliphatic heterocycles. The molecule has 1 aliphatic rings. The molecule has 0 saturated carbocycles. The first-order valence-electron chi connectivity index (χ1n) is 11.0. The monoisotopic (exact) mass is 526 g/mol. The van der Waals surface area contributed by atoms with E-state index in [1.807, 2.05) is 7.05 Å². The third-order valence-electron chi connectivity index (χ3n) is 5.86. The third-order valence-corrected chi connectivity index (χ3v) is 6.19. The molecule has 1 atom stereocenters. The first-order valence-corrected chi connectivity index (χ1v) is 11.4. The van der Waals surface area contributed by atoms with E-state index in [0.29, 0.717) is 18.2 Å². The Morgan fingerprint density at radius 1 is 1.17 bits per heavy atom. The summed E-state index contributed by atoms with van der Waals surface area (Å²) >= 11 is 5.61. The first kappa shape index (κ1) is 25.9. The standard InChI is InChI=1S/C24H23ClF4N4O3/c1-32-8-7-30-12-20(32)19-11-22(31-23(34)33(19)2)35-13-14-3-6-21(18(26)9-14)36-15-4-5-17(25)16(10-15)24(27,28)29/h3-6,9-11,20,30H,7-8,12-13H2,1-2H3. The molecule has 2 heterocycles. The molecule has 1 aromatic heterocycles. The summed E-state index contributed by atoms with van der Waals surface area (Å²) < 4.78 is 66.2. The summed E-state index contributed by atoms with van der Waals surface area (Å²) in [7, 11) is 3.61. The van der Waals surface area contributed by atoms with E-state index < -0.39 is 28.3 Å². The Balaban J connectivity index is 1.48. The molecule has 3 aromatic rings. The highest BCUT2D eigenvalue weighted by molar-refractivity contribution is 6.31. The third kappa shape index (κ3) is 5.80. The molecule has 0 aliphatic carbocycles. The number of alkyl halides is 3. The smallest absolute Gasteiger partial charge is 0.417 e. The van der Waals surface area contributed by atoms with Gasteiger partial charge < -0.3 is 14.8 Å². The van der Waals surface area contributed by atoms with Gasteiger partial charge in [-0.2, -0.15) is 18.2 Å². The molecule has 1 unspecified atom stereocenters. The van der Waals surface area contributed by atoms with Crippen LogP contribution >= 0.6 is 11.6 Å². The SMILES string of the molecule is CN1CCNCC1c1cc(OCc2ccc(Oc3ccc(Cl)c(C(F)(F)F)c3)c(F)c2)nc(=O)n1C. The molecule has 7 nitrogen and oxygen atoms in total. The van der Waals surface area contributed by atoms with Gasteiger partial charge >= 0.3 is 11.9 Å². The highest BCUT2D eigenvalue weighted by Crippen LogP contribution is 2.38. The average molecular weight is 527 g/mol. The largest absolute Gasteiger partial charge is 0.473 e. The zero-order valence-corrected chi connectivity index (χ0v) is 20.2. The number of nitrogens with one attached hydrogen (secondary N) is 1. The number of rotatable bonds is 6. The van der Waals surface area contributed by atoms with E-state index in [1.54, 1.807) is 13.1 Å². The van der Waals surface area contributed by atoms with E-state index in [0.717, 1.165) is 30.9 Å². The van der Waals surface area contributed by atoms with Gasteiger partial charge in [0.05, 0.1) is 16.6 Å². The minimum absolute atomic E-state index is 0.0404. The molecule has 192 valence electrons. The van der Waals surface area contributed by atoms with Crippen LogP contribution in [0, 0.1) is 5.82 Å². The zero-order valence-electron chi connectivity index (χ0n) is 19.4. The summed E-state index contributed by atoms with van der Waals surface area (Å²) in [4.78, 5) is 18.4. The van der Waals surface area contributed by atoms with Crippen molar-refractivity contribution in [1.29, 1.82) is 0 Å². The molecule has 1 saturated heterocycles. The van der Waals surface area contributed by atoms with Crippen LogP contribution in [0.1, 0.15) is 22.9 Å². The molecule has 12 heteroatoms. The van der Waals surface area contributed by atoms with Crippen molar-refractivity contribution in [3.63, 3.8) is 0 Å². The summed E-state index contributed by atoms with van der Waals surface area (Å²) in [5, 5.41) is 2.81. The molecule has 0 radical (unpaired) electrons. The lowest BCUT2D eigenvalue weighted by Crippen LogP contribution is -2.45. The molecule has 1 N–H and O–H groups in total. The minimum Gasteiger partial charge on any atom is -0.473 e. The summed E-state index contributed by atoms with van der Waals surface area (Å²) in [6.45, 7) is 2.24. The Morgan fingerprint density at radius 2 is 1.94 bits per heavy atom. The van der Waals surface area contributed by atoms with Crippen LogP contribution in [-0.2, 0) is 19.8 Å².